The van der Waals surface area contributed by atoms with Gasteiger partial charge in [0.25, 0.3) is 0 Å². The number of nitrogens with zero attached hydrogens (tertiary/aromatic N) is 2. The van der Waals surface area contributed by atoms with E-state index in [-0.39, 0.29) is 10.8 Å². The number of rotatable bonds is 4. The van der Waals surface area contributed by atoms with Crippen molar-refractivity contribution in [3.63, 3.8) is 0 Å². The van der Waals surface area contributed by atoms with Crippen molar-refractivity contribution in [1.82, 2.24) is 9.97 Å². The van der Waals surface area contributed by atoms with Gasteiger partial charge < -0.3 is 0 Å². The van der Waals surface area contributed by atoms with Crippen molar-refractivity contribution in [1.29, 1.82) is 0 Å². The van der Waals surface area contributed by atoms with Crippen molar-refractivity contribution >= 4 is 42.5 Å². The van der Waals surface area contributed by atoms with Crippen LogP contribution in [0.1, 0.15) is 83.6 Å². The molecule has 2 nitrogen and oxygen atoms in total. The molecule has 1 aliphatic rings. The number of aryl methyl sites for hydroxylation is 1. The van der Waals surface area contributed by atoms with Gasteiger partial charge in [-0.05, 0) is 0 Å². The van der Waals surface area contributed by atoms with E-state index >= 15 is 0 Å². The van der Waals surface area contributed by atoms with Crippen molar-refractivity contribution in [3.05, 3.63) is 101 Å². The van der Waals surface area contributed by atoms with Gasteiger partial charge in [-0.15, -0.1) is 0 Å². The molecule has 6 rings (SSSR count). The normalized spacial score (nSPS) is 13.6. The molecule has 0 spiro atoms. The van der Waals surface area contributed by atoms with Gasteiger partial charge in [0, 0.05) is 0 Å². The van der Waals surface area contributed by atoms with E-state index in [1.165, 1.54) is 53.1 Å². The Labute approximate surface area is 260 Å². The second kappa shape index (κ2) is 10.7. The molecule has 0 fully saturated rings. The molecule has 1 aromatic heterocycles. The van der Waals surface area contributed by atoms with Crippen LogP contribution < -0.4 is 9.94 Å². The molecule has 5 aromatic rings. The van der Waals surface area contributed by atoms with Crippen LogP contribution in [0.4, 0.5) is 0 Å². The van der Waals surface area contributed by atoms with Crippen LogP contribution in [0.3, 0.4) is 0 Å². The second-order valence-corrected chi connectivity index (χ2v) is 22.4. The molecule has 0 bridgehead atoms. The Morgan fingerprint density at radius 2 is 1.57 bits per heavy atom. The monoisotopic (exact) mass is 748 g/mol. The van der Waals surface area contributed by atoms with Gasteiger partial charge in [0.15, 0.2) is 0 Å². The topological polar surface area (TPSA) is 25.8 Å². The molecule has 3 heteroatoms. The van der Waals surface area contributed by atoms with Crippen LogP contribution in [-0.2, 0) is 11.8 Å². The van der Waals surface area contributed by atoms with E-state index in [1.807, 2.05) is 6.33 Å². The van der Waals surface area contributed by atoms with Crippen molar-refractivity contribution in [2.24, 2.45) is 5.41 Å². The summed E-state index contributed by atoms with van der Waals surface area (Å²) in [6, 6.07) is 27.8. The Morgan fingerprint density at radius 3 is 2.29 bits per heavy atom. The molecule has 42 heavy (non-hydrogen) atoms. The van der Waals surface area contributed by atoms with Crippen LogP contribution in [0.5, 0.6) is 0 Å². The van der Waals surface area contributed by atoms with Crippen molar-refractivity contribution in [2.45, 2.75) is 80.1 Å². The summed E-state index contributed by atoms with van der Waals surface area (Å²) in [4.78, 5) is 10.3. The number of fused-ring (bicyclic) bond motifs is 4. The number of aromatic nitrogens is 2. The molecular formula is C39H43BiN2. The van der Waals surface area contributed by atoms with Crippen LogP contribution in [-0.4, -0.2) is 31.7 Å². The fraction of sp³-hybridized carbons (Fsp3) is 0.333. The zero-order valence-electron chi connectivity index (χ0n) is 26.6. The third-order valence-corrected chi connectivity index (χ3v) is 18.6. The van der Waals surface area contributed by atoms with E-state index in [0.717, 1.165) is 12.1 Å². The van der Waals surface area contributed by atoms with Crippen LogP contribution in [0, 0.1) is 12.3 Å². The molecule has 0 amide bonds. The van der Waals surface area contributed by atoms with Gasteiger partial charge in [0.05, 0.1) is 0 Å². The predicted octanol–water partition coefficient (Wildman–Crippen LogP) is 8.11. The summed E-state index contributed by atoms with van der Waals surface area (Å²) < 4.78 is 4.52. The van der Waals surface area contributed by atoms with Gasteiger partial charge in [0.1, 0.15) is 0 Å². The summed E-state index contributed by atoms with van der Waals surface area (Å²) in [5.41, 5.74) is 10.9. The summed E-state index contributed by atoms with van der Waals surface area (Å²) in [5.74, 6) is 0.466. The maximum absolute atomic E-state index is 5.19. The Kier molecular flexibility index (Phi) is 7.42. The fourth-order valence-electron chi connectivity index (χ4n) is 6.53. The predicted molar refractivity (Wildman–Crippen MR) is 182 cm³/mol. The molecular weight excluding hydrogens is 705 g/mol. The maximum atomic E-state index is 5.19. The average molecular weight is 749 g/mol. The third kappa shape index (κ3) is 5.24. The molecule has 0 saturated heterocycles. The Bertz CT molecular complexity index is 1820. The Balaban J connectivity index is 1.68. The van der Waals surface area contributed by atoms with Crippen molar-refractivity contribution in [3.8, 4) is 22.4 Å². The fourth-order valence-corrected chi connectivity index (χ4v) is 18.1. The Morgan fingerprint density at radius 1 is 0.810 bits per heavy atom. The summed E-state index contributed by atoms with van der Waals surface area (Å²) >= 11 is -2.79. The van der Waals surface area contributed by atoms with Gasteiger partial charge in [-0.25, -0.2) is 0 Å². The summed E-state index contributed by atoms with van der Waals surface area (Å²) in [6.07, 6.45) is 2.91. The van der Waals surface area contributed by atoms with Crippen molar-refractivity contribution < 1.29 is 0 Å². The quantitative estimate of drug-likeness (QED) is 0.171. The van der Waals surface area contributed by atoms with Crippen LogP contribution >= 0.6 is 0 Å². The first-order valence-corrected chi connectivity index (χ1v) is 20.5. The van der Waals surface area contributed by atoms with Crippen LogP contribution in [0.2, 0.25) is 0 Å². The van der Waals surface area contributed by atoms with E-state index in [0.29, 0.717) is 5.92 Å². The van der Waals surface area contributed by atoms with Gasteiger partial charge >= 0.3 is 262 Å². The number of benzene rings is 4. The third-order valence-electron chi connectivity index (χ3n) is 8.36. The molecule has 0 saturated carbocycles. The average Bonchev–Trinajstić information content (AvgIpc) is 3.26. The molecule has 1 aliphatic heterocycles. The van der Waals surface area contributed by atoms with E-state index in [1.54, 1.807) is 6.54 Å². The van der Waals surface area contributed by atoms with Gasteiger partial charge in [-0.2, -0.15) is 0 Å². The zero-order valence-corrected chi connectivity index (χ0v) is 30.1. The summed E-state index contributed by atoms with van der Waals surface area (Å²) in [6.45, 7) is 20.9. The first-order chi connectivity index (χ1) is 19.8. The second-order valence-electron chi connectivity index (χ2n) is 14.5. The van der Waals surface area contributed by atoms with E-state index in [9.17, 15) is 0 Å². The SMILES string of the molecule is Cc1cc[c]([Bi]2[c]3ncnc(-c4cc(C(C)(C)C)c5ccccc5c4)c3-c3cccc(CC(C)(C)C)[c]32)c(C(C)C)c1. The molecule has 0 radical (unpaired) electrons. The first-order valence-electron chi connectivity index (χ1n) is 15.2. The minimum atomic E-state index is -2.79. The number of hydrogen-bond donors (Lipinski definition) is 0. The van der Waals surface area contributed by atoms with Crippen molar-refractivity contribution in [2.75, 3.05) is 0 Å². The van der Waals surface area contributed by atoms with E-state index in [2.05, 4.69) is 135 Å². The van der Waals surface area contributed by atoms with E-state index in [4.69, 9.17) is 9.97 Å². The molecule has 0 atom stereocenters. The Hall–Kier alpha value is -2.90. The molecule has 0 unspecified atom stereocenters. The first kappa shape index (κ1) is 29.2. The minimum absolute atomic E-state index is 0.0129. The van der Waals surface area contributed by atoms with Crippen LogP contribution in [0.25, 0.3) is 33.2 Å². The zero-order chi connectivity index (χ0) is 30.0. The molecule has 0 N–H and O–H groups in total. The number of hydrogen-bond acceptors (Lipinski definition) is 2. The van der Waals surface area contributed by atoms with Gasteiger partial charge in [-0.3, -0.25) is 0 Å². The summed E-state index contributed by atoms with van der Waals surface area (Å²) in [7, 11) is 0. The summed E-state index contributed by atoms with van der Waals surface area (Å²) in [5, 5.41) is 2.59. The van der Waals surface area contributed by atoms with Crippen LogP contribution in [0.15, 0.2) is 79.1 Å². The van der Waals surface area contributed by atoms with Gasteiger partial charge in [0.2, 0.25) is 0 Å². The molecule has 0 aliphatic carbocycles. The van der Waals surface area contributed by atoms with E-state index < -0.39 is 21.8 Å². The molecule has 214 valence electrons. The molecule has 2 heterocycles. The van der Waals surface area contributed by atoms with Gasteiger partial charge in [-0.1, -0.05) is 0 Å². The molecule has 4 aromatic carbocycles. The standard InChI is InChI=1S/C29H30N2.C10H13.Bi/c1-28(2,3)17-20-10-9-12-21(14-20)25-18-30-19-31-27(25)23-15-22-11-7-8-13-24(22)26(16-23)29(4,5)6;1-8(2)10-6-4-5-9(3)7-10;/h7-13,15-16,19H,17H2,1-6H3;4-5,7-8H,1-3H3;.